The van der Waals surface area contributed by atoms with Gasteiger partial charge in [-0.15, -0.1) is 11.3 Å². The molecule has 0 saturated carbocycles. The fourth-order valence-electron chi connectivity index (χ4n) is 3.05. The number of carbonyl (C=O) groups is 1. The number of aryl methyl sites for hydroxylation is 2. The number of hydrogen-bond acceptors (Lipinski definition) is 5. The van der Waals surface area contributed by atoms with Gasteiger partial charge in [0.05, 0.1) is 30.5 Å². The van der Waals surface area contributed by atoms with Gasteiger partial charge in [-0.25, -0.2) is 0 Å². The molecule has 23 heavy (non-hydrogen) atoms. The quantitative estimate of drug-likeness (QED) is 0.846. The number of thiophene rings is 1. The first kappa shape index (κ1) is 15.7. The molecule has 2 aromatic heterocycles. The van der Waals surface area contributed by atoms with E-state index in [0.29, 0.717) is 30.2 Å². The maximum atomic E-state index is 13.0. The molecule has 3 rings (SSSR count). The van der Waals surface area contributed by atoms with Gasteiger partial charge in [0.15, 0.2) is 0 Å². The third-order valence-corrected chi connectivity index (χ3v) is 5.17. The molecule has 3 heterocycles. The van der Waals surface area contributed by atoms with Gasteiger partial charge >= 0.3 is 0 Å². The lowest BCUT2D eigenvalue weighted by Crippen LogP contribution is -2.43. The van der Waals surface area contributed by atoms with Crippen LogP contribution in [0.4, 0.5) is 0 Å². The summed E-state index contributed by atoms with van der Waals surface area (Å²) in [5, 5.41) is 15.4. The average molecular weight is 330 g/mol. The van der Waals surface area contributed by atoms with E-state index in [0.717, 1.165) is 17.0 Å². The molecule has 1 aliphatic rings. The van der Waals surface area contributed by atoms with E-state index in [2.05, 4.69) is 11.2 Å². The standard InChI is InChI=1S/C16H18N4O2S/c1-10-14(11(2)19(3)18-10)13-9-22-6-5-20(13)16(21)15-12(8-17)4-7-23-15/h4,7,13H,5-6,9H2,1-3H3. The summed E-state index contributed by atoms with van der Waals surface area (Å²) in [7, 11) is 1.90. The molecule has 1 unspecified atom stereocenters. The topological polar surface area (TPSA) is 71.2 Å². The van der Waals surface area contributed by atoms with Crippen molar-refractivity contribution < 1.29 is 9.53 Å². The Morgan fingerprint density at radius 1 is 1.52 bits per heavy atom. The summed E-state index contributed by atoms with van der Waals surface area (Å²) in [6.45, 7) is 5.42. The van der Waals surface area contributed by atoms with Crippen LogP contribution in [0.3, 0.4) is 0 Å². The van der Waals surface area contributed by atoms with Crippen LogP contribution in [0.25, 0.3) is 0 Å². The fourth-order valence-corrected chi connectivity index (χ4v) is 3.85. The van der Waals surface area contributed by atoms with Crippen LogP contribution >= 0.6 is 11.3 Å². The number of ether oxygens (including phenoxy) is 1. The Hall–Kier alpha value is -2.17. The molecule has 1 aliphatic heterocycles. The zero-order chi connectivity index (χ0) is 16.6. The summed E-state index contributed by atoms with van der Waals surface area (Å²) in [5.41, 5.74) is 3.41. The maximum absolute atomic E-state index is 13.0. The minimum absolute atomic E-state index is 0.104. The molecular formula is C16H18N4O2S. The summed E-state index contributed by atoms with van der Waals surface area (Å²) < 4.78 is 7.44. The minimum Gasteiger partial charge on any atom is -0.377 e. The van der Waals surface area contributed by atoms with Crippen molar-refractivity contribution in [3.63, 3.8) is 0 Å². The molecule has 0 N–H and O–H groups in total. The third-order valence-electron chi connectivity index (χ3n) is 4.27. The molecule has 7 heteroatoms. The van der Waals surface area contributed by atoms with Gasteiger partial charge in [0.2, 0.25) is 0 Å². The van der Waals surface area contributed by atoms with Crippen LogP contribution < -0.4 is 0 Å². The first-order valence-electron chi connectivity index (χ1n) is 7.41. The lowest BCUT2D eigenvalue weighted by Gasteiger charge is -2.35. The van der Waals surface area contributed by atoms with Crippen LogP contribution in [0.15, 0.2) is 11.4 Å². The second kappa shape index (κ2) is 6.14. The van der Waals surface area contributed by atoms with Crippen LogP contribution in [-0.2, 0) is 11.8 Å². The van der Waals surface area contributed by atoms with Crippen molar-refractivity contribution in [2.45, 2.75) is 19.9 Å². The number of rotatable bonds is 2. The number of hydrogen-bond donors (Lipinski definition) is 0. The number of morpholine rings is 1. The summed E-state index contributed by atoms with van der Waals surface area (Å²) in [6.07, 6.45) is 0. The SMILES string of the molecule is Cc1nn(C)c(C)c1C1COCCN1C(=O)c1sccc1C#N. The molecule has 0 aromatic carbocycles. The second-order valence-corrected chi connectivity index (χ2v) is 6.49. The third kappa shape index (κ3) is 2.64. The van der Waals surface area contributed by atoms with E-state index in [1.54, 1.807) is 11.4 Å². The van der Waals surface area contributed by atoms with Crippen LogP contribution in [-0.4, -0.2) is 40.3 Å². The van der Waals surface area contributed by atoms with Crippen molar-refractivity contribution >= 4 is 17.2 Å². The smallest absolute Gasteiger partial charge is 0.265 e. The molecule has 0 radical (unpaired) electrons. The zero-order valence-electron chi connectivity index (χ0n) is 13.4. The number of amides is 1. The molecule has 0 spiro atoms. The van der Waals surface area contributed by atoms with Crippen molar-refractivity contribution in [2.75, 3.05) is 19.8 Å². The summed E-state index contributed by atoms with van der Waals surface area (Å²) in [4.78, 5) is 15.3. The van der Waals surface area contributed by atoms with Gasteiger partial charge in [0.1, 0.15) is 10.9 Å². The highest BCUT2D eigenvalue weighted by Crippen LogP contribution is 2.31. The maximum Gasteiger partial charge on any atom is 0.265 e. The Kier molecular flexibility index (Phi) is 4.20. The zero-order valence-corrected chi connectivity index (χ0v) is 14.2. The normalized spacial score (nSPS) is 18.0. The highest BCUT2D eigenvalue weighted by Gasteiger charge is 2.34. The van der Waals surface area contributed by atoms with Gasteiger partial charge in [-0.2, -0.15) is 10.4 Å². The predicted molar refractivity (Wildman–Crippen MR) is 86.3 cm³/mol. The largest absolute Gasteiger partial charge is 0.377 e. The Morgan fingerprint density at radius 2 is 2.30 bits per heavy atom. The van der Waals surface area contributed by atoms with Crippen molar-refractivity contribution in [3.05, 3.63) is 38.8 Å². The van der Waals surface area contributed by atoms with Gasteiger partial charge in [-0.05, 0) is 25.3 Å². The van der Waals surface area contributed by atoms with E-state index in [9.17, 15) is 10.1 Å². The first-order valence-corrected chi connectivity index (χ1v) is 8.29. The molecule has 1 atom stereocenters. The van der Waals surface area contributed by atoms with E-state index < -0.39 is 0 Å². The van der Waals surface area contributed by atoms with E-state index in [4.69, 9.17) is 4.74 Å². The molecule has 1 saturated heterocycles. The number of aromatic nitrogens is 2. The number of nitriles is 1. The molecular weight excluding hydrogens is 312 g/mol. The lowest BCUT2D eigenvalue weighted by molar-refractivity contribution is -0.00279. The summed E-state index contributed by atoms with van der Waals surface area (Å²) >= 11 is 1.31. The van der Waals surface area contributed by atoms with Crippen molar-refractivity contribution in [3.8, 4) is 6.07 Å². The predicted octanol–water partition coefficient (Wildman–Crippen LogP) is 2.18. The van der Waals surface area contributed by atoms with E-state index in [1.165, 1.54) is 11.3 Å². The van der Waals surface area contributed by atoms with Gasteiger partial charge in [-0.3, -0.25) is 9.48 Å². The Morgan fingerprint density at radius 3 is 2.96 bits per heavy atom. The van der Waals surface area contributed by atoms with E-state index in [1.807, 2.05) is 30.5 Å². The van der Waals surface area contributed by atoms with Crippen molar-refractivity contribution in [1.29, 1.82) is 5.26 Å². The Labute approximate surface area is 138 Å². The lowest BCUT2D eigenvalue weighted by atomic mass is 10.0. The minimum atomic E-state index is -0.168. The molecule has 120 valence electrons. The Bertz CT molecular complexity index is 787. The molecule has 0 bridgehead atoms. The van der Waals surface area contributed by atoms with Crippen LogP contribution in [0, 0.1) is 25.2 Å². The highest BCUT2D eigenvalue weighted by atomic mass is 32.1. The number of carbonyl (C=O) groups excluding carboxylic acids is 1. The highest BCUT2D eigenvalue weighted by molar-refractivity contribution is 7.12. The number of nitrogens with zero attached hydrogens (tertiary/aromatic N) is 4. The van der Waals surface area contributed by atoms with Gasteiger partial charge in [-0.1, -0.05) is 0 Å². The van der Waals surface area contributed by atoms with Gasteiger partial charge < -0.3 is 9.64 Å². The second-order valence-electron chi connectivity index (χ2n) is 5.57. The summed E-state index contributed by atoms with van der Waals surface area (Å²) in [5.74, 6) is -0.104. The molecule has 0 aliphatic carbocycles. The van der Waals surface area contributed by atoms with Crippen LogP contribution in [0.2, 0.25) is 0 Å². The monoisotopic (exact) mass is 330 g/mol. The molecule has 6 nitrogen and oxygen atoms in total. The Balaban J connectivity index is 1.99. The van der Waals surface area contributed by atoms with Crippen molar-refractivity contribution in [2.24, 2.45) is 7.05 Å². The van der Waals surface area contributed by atoms with E-state index >= 15 is 0 Å². The molecule has 1 amide bonds. The van der Waals surface area contributed by atoms with Crippen molar-refractivity contribution in [1.82, 2.24) is 14.7 Å². The summed E-state index contributed by atoms with van der Waals surface area (Å²) in [6, 6.07) is 3.61. The first-order chi connectivity index (χ1) is 11.0. The molecule has 2 aromatic rings. The van der Waals surface area contributed by atoms with E-state index in [-0.39, 0.29) is 11.9 Å². The molecule has 1 fully saturated rings. The van der Waals surface area contributed by atoms with Crippen LogP contribution in [0.5, 0.6) is 0 Å². The van der Waals surface area contributed by atoms with Gasteiger partial charge in [0.25, 0.3) is 5.91 Å². The van der Waals surface area contributed by atoms with Crippen LogP contribution in [0.1, 0.15) is 38.2 Å². The van der Waals surface area contributed by atoms with Gasteiger partial charge in [0, 0.05) is 24.8 Å². The fraction of sp³-hybridized carbons (Fsp3) is 0.438. The average Bonchev–Trinajstić information content (AvgIpc) is 3.12.